The largest absolute Gasteiger partial charge is 0.230 e. The molecule has 110 valence electrons. The fourth-order valence-corrected chi connectivity index (χ4v) is 4.53. The highest BCUT2D eigenvalue weighted by atomic mass is 32.2. The molecule has 1 heterocycles. The number of thiol groups is 1. The van der Waals surface area contributed by atoms with Crippen molar-refractivity contribution >= 4 is 45.9 Å². The average molecular weight is 326 g/mol. The fourth-order valence-electron chi connectivity index (χ4n) is 2.17. The van der Waals surface area contributed by atoms with E-state index in [0.29, 0.717) is 0 Å². The highest BCUT2D eigenvalue weighted by Crippen LogP contribution is 2.29. The molecule has 0 aliphatic rings. The van der Waals surface area contributed by atoms with E-state index in [1.54, 1.807) is 0 Å². The van der Waals surface area contributed by atoms with Gasteiger partial charge in [-0.2, -0.15) is 12.6 Å². The maximum Gasteiger partial charge on any atom is 0.151 e. The summed E-state index contributed by atoms with van der Waals surface area (Å²) in [7, 11) is 0. The van der Waals surface area contributed by atoms with Gasteiger partial charge in [0.15, 0.2) is 4.34 Å². The summed E-state index contributed by atoms with van der Waals surface area (Å²) in [6.07, 6.45) is 9.45. The van der Waals surface area contributed by atoms with Crippen LogP contribution < -0.4 is 0 Å². The first-order chi connectivity index (χ1) is 9.90. The molecule has 0 spiro atoms. The van der Waals surface area contributed by atoms with Gasteiger partial charge in [0.25, 0.3) is 0 Å². The summed E-state index contributed by atoms with van der Waals surface area (Å²) in [6, 6.07) is 8.40. The Bertz CT molecular complexity index is 462. The monoisotopic (exact) mass is 325 g/mol. The zero-order chi connectivity index (χ0) is 14.0. The van der Waals surface area contributed by atoms with E-state index in [1.807, 2.05) is 23.1 Å². The van der Waals surface area contributed by atoms with E-state index in [-0.39, 0.29) is 0 Å². The zero-order valence-electron chi connectivity index (χ0n) is 11.9. The molecular weight excluding hydrogens is 302 g/mol. The summed E-state index contributed by atoms with van der Waals surface area (Å²) in [6.45, 7) is 0. The number of rotatable bonds is 10. The molecule has 0 bridgehead atoms. The van der Waals surface area contributed by atoms with Crippen LogP contribution in [0.4, 0.5) is 0 Å². The van der Waals surface area contributed by atoms with Crippen LogP contribution >= 0.6 is 35.7 Å². The second-order valence-corrected chi connectivity index (χ2v) is 7.81. The van der Waals surface area contributed by atoms with Gasteiger partial charge in [-0.15, -0.1) is 11.3 Å². The number of hydrogen-bond acceptors (Lipinski definition) is 4. The molecule has 0 aliphatic heterocycles. The molecule has 0 saturated carbocycles. The maximum atomic E-state index is 4.65. The molecule has 0 aliphatic carbocycles. The third kappa shape index (κ3) is 5.66. The Hall–Kier alpha value is -0.190. The van der Waals surface area contributed by atoms with Crippen molar-refractivity contribution in [3.05, 3.63) is 24.3 Å². The lowest BCUT2D eigenvalue weighted by Gasteiger charge is -2.00. The zero-order valence-corrected chi connectivity index (χ0v) is 14.4. The van der Waals surface area contributed by atoms with E-state index < -0.39 is 0 Å². The molecule has 0 atom stereocenters. The minimum atomic E-state index is 1.04. The van der Waals surface area contributed by atoms with Gasteiger partial charge < -0.3 is 0 Å². The van der Waals surface area contributed by atoms with Gasteiger partial charge in [-0.25, -0.2) is 4.98 Å². The van der Waals surface area contributed by atoms with Crippen LogP contribution in [-0.4, -0.2) is 16.5 Å². The van der Waals surface area contributed by atoms with Crippen molar-refractivity contribution in [1.29, 1.82) is 0 Å². The summed E-state index contributed by atoms with van der Waals surface area (Å²) in [5, 5.41) is 0. The Morgan fingerprint density at radius 2 is 1.65 bits per heavy atom. The molecule has 20 heavy (non-hydrogen) atoms. The number of thioether (sulfide) groups is 1. The topological polar surface area (TPSA) is 12.9 Å². The highest BCUT2D eigenvalue weighted by Gasteiger charge is 2.03. The Labute approximate surface area is 136 Å². The highest BCUT2D eigenvalue weighted by molar-refractivity contribution is 8.01. The predicted octanol–water partition coefficient (Wildman–Crippen LogP) is 6.05. The molecule has 1 aromatic heterocycles. The van der Waals surface area contributed by atoms with Crippen molar-refractivity contribution in [3.8, 4) is 0 Å². The van der Waals surface area contributed by atoms with Gasteiger partial charge in [0.2, 0.25) is 0 Å². The second kappa shape index (κ2) is 9.69. The number of para-hydroxylation sites is 1. The SMILES string of the molecule is SCCCCCCCCCSc1nc2ccccc2s1. The summed E-state index contributed by atoms with van der Waals surface area (Å²) in [5.41, 5.74) is 1.14. The number of aromatic nitrogens is 1. The molecule has 0 saturated heterocycles. The van der Waals surface area contributed by atoms with E-state index >= 15 is 0 Å². The molecule has 2 aromatic rings. The molecule has 0 N–H and O–H groups in total. The second-order valence-electron chi connectivity index (χ2n) is 4.99. The van der Waals surface area contributed by atoms with Crippen molar-refractivity contribution in [3.63, 3.8) is 0 Å². The van der Waals surface area contributed by atoms with Crippen LogP contribution in [0, 0.1) is 0 Å². The van der Waals surface area contributed by atoms with Gasteiger partial charge in [-0.3, -0.25) is 0 Å². The molecule has 1 aromatic carbocycles. The smallest absolute Gasteiger partial charge is 0.151 e. The van der Waals surface area contributed by atoms with Crippen LogP contribution in [0.2, 0.25) is 0 Å². The van der Waals surface area contributed by atoms with Gasteiger partial charge in [0.1, 0.15) is 0 Å². The van der Waals surface area contributed by atoms with Crippen molar-refractivity contribution in [1.82, 2.24) is 4.98 Å². The Morgan fingerprint density at radius 1 is 0.950 bits per heavy atom. The van der Waals surface area contributed by atoms with Gasteiger partial charge in [-0.05, 0) is 30.7 Å². The van der Waals surface area contributed by atoms with Gasteiger partial charge >= 0.3 is 0 Å². The molecule has 0 radical (unpaired) electrons. The number of benzene rings is 1. The van der Waals surface area contributed by atoms with Crippen molar-refractivity contribution in [2.45, 2.75) is 49.3 Å². The lowest BCUT2D eigenvalue weighted by Crippen LogP contribution is -1.83. The number of hydrogen-bond donors (Lipinski definition) is 1. The van der Waals surface area contributed by atoms with Crippen LogP contribution in [0.25, 0.3) is 10.2 Å². The molecule has 0 fully saturated rings. The van der Waals surface area contributed by atoms with E-state index in [9.17, 15) is 0 Å². The molecule has 0 unspecified atom stereocenters. The first kappa shape index (κ1) is 16.2. The third-order valence-electron chi connectivity index (χ3n) is 3.30. The number of fused-ring (bicyclic) bond motifs is 1. The van der Waals surface area contributed by atoms with Crippen molar-refractivity contribution in [2.75, 3.05) is 11.5 Å². The van der Waals surface area contributed by atoms with Gasteiger partial charge in [0.05, 0.1) is 10.2 Å². The predicted molar refractivity (Wildman–Crippen MR) is 96.5 cm³/mol. The lowest BCUT2D eigenvalue weighted by molar-refractivity contribution is 0.605. The first-order valence-electron chi connectivity index (χ1n) is 7.49. The summed E-state index contributed by atoms with van der Waals surface area (Å²) < 4.78 is 2.53. The molecule has 4 heteroatoms. The molecule has 1 nitrogen and oxygen atoms in total. The third-order valence-corrected chi connectivity index (χ3v) is 5.88. The van der Waals surface area contributed by atoms with E-state index in [2.05, 4.69) is 41.9 Å². The summed E-state index contributed by atoms with van der Waals surface area (Å²) >= 11 is 7.97. The van der Waals surface area contributed by atoms with Gasteiger partial charge in [0, 0.05) is 5.75 Å². The molecular formula is C16H23NS3. The summed E-state index contributed by atoms with van der Waals surface area (Å²) in [4.78, 5) is 4.65. The minimum Gasteiger partial charge on any atom is -0.230 e. The maximum absolute atomic E-state index is 4.65. The number of unbranched alkanes of at least 4 members (excludes halogenated alkanes) is 6. The Kier molecular flexibility index (Phi) is 7.84. The first-order valence-corrected chi connectivity index (χ1v) is 9.93. The van der Waals surface area contributed by atoms with Crippen LogP contribution in [0.15, 0.2) is 28.6 Å². The Balaban J connectivity index is 1.55. The van der Waals surface area contributed by atoms with Crippen molar-refractivity contribution in [2.24, 2.45) is 0 Å². The van der Waals surface area contributed by atoms with E-state index in [1.165, 1.54) is 59.7 Å². The Morgan fingerprint density at radius 3 is 2.40 bits per heavy atom. The quantitative estimate of drug-likeness (QED) is 0.324. The standard InChI is InChI=1S/C16H23NS3/c18-12-8-4-2-1-3-5-9-13-19-16-17-14-10-6-7-11-15(14)20-16/h6-7,10-11,18H,1-5,8-9,12-13H2. The van der Waals surface area contributed by atoms with Crippen LogP contribution in [-0.2, 0) is 0 Å². The average Bonchev–Trinajstić information content (AvgIpc) is 2.88. The lowest BCUT2D eigenvalue weighted by atomic mass is 10.1. The fraction of sp³-hybridized carbons (Fsp3) is 0.562. The van der Waals surface area contributed by atoms with Gasteiger partial charge in [-0.1, -0.05) is 56.0 Å². The van der Waals surface area contributed by atoms with E-state index in [4.69, 9.17) is 0 Å². The van der Waals surface area contributed by atoms with Crippen LogP contribution in [0.3, 0.4) is 0 Å². The number of thiazole rings is 1. The summed E-state index contributed by atoms with van der Waals surface area (Å²) in [5.74, 6) is 2.25. The normalized spacial score (nSPS) is 11.2. The molecule has 2 rings (SSSR count). The van der Waals surface area contributed by atoms with E-state index in [0.717, 1.165) is 11.3 Å². The minimum absolute atomic E-state index is 1.04. The van der Waals surface area contributed by atoms with Crippen molar-refractivity contribution < 1.29 is 0 Å². The van der Waals surface area contributed by atoms with Crippen LogP contribution in [0.1, 0.15) is 44.9 Å². The molecule has 0 amide bonds. The van der Waals surface area contributed by atoms with Crippen LogP contribution in [0.5, 0.6) is 0 Å². The number of nitrogens with zero attached hydrogens (tertiary/aromatic N) is 1.